The predicted octanol–water partition coefficient (Wildman–Crippen LogP) is 1.64. The molecule has 1 aromatic rings. The number of hydrogen-bond acceptors (Lipinski definition) is 3. The molecular formula is C14H22N2O. The molecule has 0 aliphatic carbocycles. The molecule has 1 saturated heterocycles. The molecule has 0 bridgehead atoms. The summed E-state index contributed by atoms with van der Waals surface area (Å²) in [5.41, 5.74) is 9.92. The molecule has 0 aromatic heterocycles. The minimum atomic E-state index is 0.331. The molecule has 1 fully saturated rings. The minimum Gasteiger partial charge on any atom is -0.379 e. The third-order valence-electron chi connectivity index (χ3n) is 3.34. The number of nitrogens with two attached hydrogens (primary N) is 1. The van der Waals surface area contributed by atoms with Crippen molar-refractivity contribution in [1.29, 1.82) is 0 Å². The highest BCUT2D eigenvalue weighted by atomic mass is 16.5. The smallest absolute Gasteiger partial charge is 0.0594 e. The van der Waals surface area contributed by atoms with Gasteiger partial charge in [-0.1, -0.05) is 29.3 Å². The van der Waals surface area contributed by atoms with Gasteiger partial charge in [-0.25, -0.2) is 0 Å². The van der Waals surface area contributed by atoms with Crippen LogP contribution in [0.3, 0.4) is 0 Å². The lowest BCUT2D eigenvalue weighted by Gasteiger charge is -2.34. The van der Waals surface area contributed by atoms with Crippen LogP contribution in [0.1, 0.15) is 22.7 Å². The van der Waals surface area contributed by atoms with Crippen molar-refractivity contribution in [2.45, 2.75) is 19.9 Å². The molecule has 1 aromatic carbocycles. The number of morpholine rings is 1. The van der Waals surface area contributed by atoms with Crippen molar-refractivity contribution in [3.63, 3.8) is 0 Å². The Morgan fingerprint density at radius 1 is 1.18 bits per heavy atom. The number of hydrogen-bond donors (Lipinski definition) is 1. The summed E-state index contributed by atoms with van der Waals surface area (Å²) in [5, 5.41) is 0. The number of benzene rings is 1. The summed E-state index contributed by atoms with van der Waals surface area (Å²) in [7, 11) is 0. The van der Waals surface area contributed by atoms with Crippen molar-refractivity contribution in [2.24, 2.45) is 5.73 Å². The summed E-state index contributed by atoms with van der Waals surface area (Å²) in [6.07, 6.45) is 0. The Labute approximate surface area is 104 Å². The van der Waals surface area contributed by atoms with Gasteiger partial charge in [-0.3, -0.25) is 4.90 Å². The third-order valence-corrected chi connectivity index (χ3v) is 3.34. The van der Waals surface area contributed by atoms with Crippen LogP contribution in [-0.2, 0) is 4.74 Å². The lowest BCUT2D eigenvalue weighted by Crippen LogP contribution is -2.41. The van der Waals surface area contributed by atoms with Crippen molar-refractivity contribution >= 4 is 0 Å². The Balaban J connectivity index is 2.21. The highest BCUT2D eigenvalue weighted by Crippen LogP contribution is 2.22. The van der Waals surface area contributed by atoms with Crippen molar-refractivity contribution < 1.29 is 4.74 Å². The van der Waals surface area contributed by atoms with E-state index in [4.69, 9.17) is 10.5 Å². The average Bonchev–Trinajstić information content (AvgIpc) is 2.30. The molecule has 1 unspecified atom stereocenters. The van der Waals surface area contributed by atoms with Crippen LogP contribution < -0.4 is 5.73 Å². The second-order valence-corrected chi connectivity index (χ2v) is 4.82. The SMILES string of the molecule is Cc1cc(C)cc(C(CN)N2CCOCC2)c1. The fourth-order valence-electron chi connectivity index (χ4n) is 2.59. The predicted molar refractivity (Wildman–Crippen MR) is 70.1 cm³/mol. The minimum absolute atomic E-state index is 0.331. The summed E-state index contributed by atoms with van der Waals surface area (Å²) in [5.74, 6) is 0. The zero-order valence-corrected chi connectivity index (χ0v) is 10.8. The largest absolute Gasteiger partial charge is 0.379 e. The van der Waals surface area contributed by atoms with Crippen molar-refractivity contribution in [3.8, 4) is 0 Å². The van der Waals surface area contributed by atoms with Gasteiger partial charge in [-0.2, -0.15) is 0 Å². The number of ether oxygens (including phenoxy) is 1. The molecule has 0 spiro atoms. The maximum atomic E-state index is 5.95. The van der Waals surface area contributed by atoms with Crippen molar-refractivity contribution in [3.05, 3.63) is 34.9 Å². The molecule has 3 nitrogen and oxygen atoms in total. The van der Waals surface area contributed by atoms with Crippen molar-refractivity contribution in [1.82, 2.24) is 4.90 Å². The number of nitrogens with zero attached hydrogens (tertiary/aromatic N) is 1. The molecule has 1 atom stereocenters. The summed E-state index contributed by atoms with van der Waals surface area (Å²) in [6, 6.07) is 7.04. The van der Waals surface area contributed by atoms with Gasteiger partial charge in [-0.05, 0) is 19.4 Å². The first kappa shape index (κ1) is 12.6. The molecule has 17 heavy (non-hydrogen) atoms. The fourth-order valence-corrected chi connectivity index (χ4v) is 2.59. The van der Waals surface area contributed by atoms with E-state index < -0.39 is 0 Å². The van der Waals surface area contributed by atoms with Gasteiger partial charge in [0.15, 0.2) is 0 Å². The van der Waals surface area contributed by atoms with Crippen LogP contribution in [0.5, 0.6) is 0 Å². The van der Waals surface area contributed by atoms with Gasteiger partial charge in [0.2, 0.25) is 0 Å². The quantitative estimate of drug-likeness (QED) is 0.864. The Kier molecular flexibility index (Phi) is 4.15. The van der Waals surface area contributed by atoms with E-state index in [1.807, 2.05) is 0 Å². The van der Waals surface area contributed by atoms with Crippen molar-refractivity contribution in [2.75, 3.05) is 32.8 Å². The number of aryl methyl sites for hydroxylation is 2. The molecule has 1 heterocycles. The molecule has 94 valence electrons. The van der Waals surface area contributed by atoms with Crippen LogP contribution in [0.25, 0.3) is 0 Å². The highest BCUT2D eigenvalue weighted by molar-refractivity contribution is 5.31. The Morgan fingerprint density at radius 3 is 2.29 bits per heavy atom. The maximum Gasteiger partial charge on any atom is 0.0594 e. The summed E-state index contributed by atoms with van der Waals surface area (Å²) >= 11 is 0. The molecule has 2 rings (SSSR count). The van der Waals surface area contributed by atoms with Gasteiger partial charge in [0.25, 0.3) is 0 Å². The van der Waals surface area contributed by atoms with Gasteiger partial charge in [0.05, 0.1) is 13.2 Å². The van der Waals surface area contributed by atoms with E-state index in [-0.39, 0.29) is 0 Å². The van der Waals surface area contributed by atoms with Crippen LogP contribution in [0.2, 0.25) is 0 Å². The fraction of sp³-hybridized carbons (Fsp3) is 0.571. The second kappa shape index (κ2) is 5.63. The van der Waals surface area contributed by atoms with E-state index in [1.54, 1.807) is 0 Å². The van der Waals surface area contributed by atoms with E-state index in [1.165, 1.54) is 16.7 Å². The van der Waals surface area contributed by atoms with E-state index in [9.17, 15) is 0 Å². The van der Waals surface area contributed by atoms with E-state index in [2.05, 4.69) is 36.9 Å². The van der Waals surface area contributed by atoms with Gasteiger partial charge >= 0.3 is 0 Å². The molecule has 1 aliphatic rings. The van der Waals surface area contributed by atoms with E-state index in [0.717, 1.165) is 26.3 Å². The normalized spacial score (nSPS) is 19.2. The maximum absolute atomic E-state index is 5.95. The molecule has 1 aliphatic heterocycles. The first-order chi connectivity index (χ1) is 8.20. The third kappa shape index (κ3) is 3.06. The Hall–Kier alpha value is -0.900. The standard InChI is InChI=1S/C14H22N2O/c1-11-7-12(2)9-13(8-11)14(10-15)16-3-5-17-6-4-16/h7-9,14H,3-6,10,15H2,1-2H3. The highest BCUT2D eigenvalue weighted by Gasteiger charge is 2.21. The lowest BCUT2D eigenvalue weighted by atomic mass is 10.00. The summed E-state index contributed by atoms with van der Waals surface area (Å²) in [6.45, 7) is 8.56. The van der Waals surface area contributed by atoms with Gasteiger partial charge in [-0.15, -0.1) is 0 Å². The molecular weight excluding hydrogens is 212 g/mol. The first-order valence-electron chi connectivity index (χ1n) is 6.31. The first-order valence-corrected chi connectivity index (χ1v) is 6.31. The van der Waals surface area contributed by atoms with Gasteiger partial charge in [0.1, 0.15) is 0 Å². The molecule has 3 heteroatoms. The molecule has 0 saturated carbocycles. The van der Waals surface area contributed by atoms with Crippen LogP contribution >= 0.6 is 0 Å². The van der Waals surface area contributed by atoms with Crippen LogP contribution in [-0.4, -0.2) is 37.7 Å². The zero-order chi connectivity index (χ0) is 12.3. The Morgan fingerprint density at radius 2 is 1.76 bits per heavy atom. The van der Waals surface area contributed by atoms with Crippen LogP contribution in [0, 0.1) is 13.8 Å². The van der Waals surface area contributed by atoms with Gasteiger partial charge in [0, 0.05) is 25.7 Å². The van der Waals surface area contributed by atoms with E-state index >= 15 is 0 Å². The van der Waals surface area contributed by atoms with Crippen LogP contribution in [0.4, 0.5) is 0 Å². The average molecular weight is 234 g/mol. The molecule has 0 amide bonds. The summed E-state index contributed by atoms with van der Waals surface area (Å²) in [4.78, 5) is 2.43. The van der Waals surface area contributed by atoms with Crippen LogP contribution in [0.15, 0.2) is 18.2 Å². The lowest BCUT2D eigenvalue weighted by molar-refractivity contribution is 0.0179. The zero-order valence-electron chi connectivity index (χ0n) is 10.8. The molecule has 2 N–H and O–H groups in total. The van der Waals surface area contributed by atoms with E-state index in [0.29, 0.717) is 12.6 Å². The molecule has 0 radical (unpaired) electrons. The summed E-state index contributed by atoms with van der Waals surface area (Å²) < 4.78 is 5.40. The number of rotatable bonds is 3. The second-order valence-electron chi connectivity index (χ2n) is 4.82. The topological polar surface area (TPSA) is 38.5 Å². The van der Waals surface area contributed by atoms with Gasteiger partial charge < -0.3 is 10.5 Å². The Bertz CT molecular complexity index is 352. The monoisotopic (exact) mass is 234 g/mol.